The van der Waals surface area contributed by atoms with Crippen molar-refractivity contribution in [3.63, 3.8) is 0 Å². The summed E-state index contributed by atoms with van der Waals surface area (Å²) < 4.78 is 31.9. The second kappa shape index (κ2) is 6.84. The van der Waals surface area contributed by atoms with Crippen LogP contribution in [0.2, 0.25) is 0 Å². The van der Waals surface area contributed by atoms with Gasteiger partial charge in [-0.2, -0.15) is 0 Å². The minimum absolute atomic E-state index is 0.283. The number of aromatic nitrogens is 1. The number of nitrogens with zero attached hydrogens (tertiary/aromatic N) is 2. The van der Waals surface area contributed by atoms with Crippen LogP contribution >= 0.6 is 0 Å². The van der Waals surface area contributed by atoms with E-state index >= 15 is 0 Å². The van der Waals surface area contributed by atoms with Crippen molar-refractivity contribution >= 4 is 10.0 Å². The Balaban J connectivity index is 1.83. The summed E-state index contributed by atoms with van der Waals surface area (Å²) >= 11 is 0. The lowest BCUT2D eigenvalue weighted by molar-refractivity contribution is 0.299. The number of sulfonamides is 1. The number of benzene rings is 1. The molecule has 0 unspecified atom stereocenters. The molecule has 1 aromatic carbocycles. The van der Waals surface area contributed by atoms with E-state index in [-0.39, 0.29) is 4.90 Å². The molecule has 0 bridgehead atoms. The molecular weight excluding hydrogens is 290 g/mol. The highest BCUT2D eigenvalue weighted by atomic mass is 32.2. The zero-order valence-corrected chi connectivity index (χ0v) is 12.9. The molecule has 0 radical (unpaired) electrons. The van der Waals surface area contributed by atoms with Crippen LogP contribution in [-0.2, 0) is 16.6 Å². The summed E-state index contributed by atoms with van der Waals surface area (Å²) in [5, 5.41) is 0. The Bertz CT molecular complexity index is 651. The smallest absolute Gasteiger partial charge is 0.240 e. The fraction of sp³-hybridized carbons (Fsp3) is 0.357. The van der Waals surface area contributed by atoms with E-state index in [1.807, 2.05) is 18.9 Å². The van der Waals surface area contributed by atoms with Gasteiger partial charge in [0.2, 0.25) is 10.0 Å². The first kappa shape index (κ1) is 15.7. The molecular formula is C14H19N3O3S. The van der Waals surface area contributed by atoms with Crippen molar-refractivity contribution in [3.05, 3.63) is 48.2 Å². The van der Waals surface area contributed by atoms with Gasteiger partial charge in [0.1, 0.15) is 5.76 Å². The minimum Gasteiger partial charge on any atom is -0.447 e. The van der Waals surface area contributed by atoms with Crippen LogP contribution in [0, 0.1) is 6.92 Å². The molecule has 0 atom stereocenters. The molecule has 1 heterocycles. The van der Waals surface area contributed by atoms with Crippen molar-refractivity contribution < 1.29 is 12.8 Å². The molecule has 1 aromatic heterocycles. The molecule has 0 spiro atoms. The predicted octanol–water partition coefficient (Wildman–Crippen LogP) is 1.39. The first-order chi connectivity index (χ1) is 9.97. The van der Waals surface area contributed by atoms with Gasteiger partial charge in [-0.15, -0.1) is 0 Å². The third-order valence-corrected chi connectivity index (χ3v) is 4.50. The predicted molar refractivity (Wildman–Crippen MR) is 79.2 cm³/mol. The monoisotopic (exact) mass is 309 g/mol. The molecule has 6 nitrogen and oxygen atoms in total. The van der Waals surface area contributed by atoms with Crippen LogP contribution in [-0.4, -0.2) is 38.4 Å². The van der Waals surface area contributed by atoms with E-state index < -0.39 is 10.0 Å². The molecule has 1 N–H and O–H groups in total. The Morgan fingerprint density at radius 1 is 1.29 bits per heavy atom. The quantitative estimate of drug-likeness (QED) is 0.836. The zero-order chi connectivity index (χ0) is 15.3. The number of rotatable bonds is 7. The molecule has 0 aliphatic heterocycles. The zero-order valence-electron chi connectivity index (χ0n) is 12.1. The molecule has 0 fully saturated rings. The highest BCUT2D eigenvalue weighted by Gasteiger charge is 2.13. The number of hydrogen-bond donors (Lipinski definition) is 1. The van der Waals surface area contributed by atoms with Crippen LogP contribution in [0.4, 0.5) is 0 Å². The molecule has 0 amide bonds. The summed E-state index contributed by atoms with van der Waals surface area (Å²) in [7, 11) is -1.56. The lowest BCUT2D eigenvalue weighted by Crippen LogP contribution is -2.32. The van der Waals surface area contributed by atoms with Crippen molar-refractivity contribution in [1.29, 1.82) is 0 Å². The lowest BCUT2D eigenvalue weighted by atomic mass is 10.2. The Hall–Kier alpha value is -1.70. The van der Waals surface area contributed by atoms with E-state index in [1.54, 1.807) is 30.5 Å². The van der Waals surface area contributed by atoms with Crippen LogP contribution in [0.5, 0.6) is 0 Å². The summed E-state index contributed by atoms with van der Waals surface area (Å²) in [6.07, 6.45) is 3.02. The number of nitrogens with one attached hydrogen (secondary N) is 1. The van der Waals surface area contributed by atoms with E-state index in [0.717, 1.165) is 11.3 Å². The molecule has 2 aromatic rings. The van der Waals surface area contributed by atoms with Gasteiger partial charge in [0, 0.05) is 13.1 Å². The van der Waals surface area contributed by atoms with Crippen LogP contribution in [0.1, 0.15) is 11.3 Å². The fourth-order valence-corrected chi connectivity index (χ4v) is 2.86. The Morgan fingerprint density at radius 3 is 2.62 bits per heavy atom. The molecule has 0 aliphatic rings. The van der Waals surface area contributed by atoms with E-state index in [1.165, 1.54) is 6.39 Å². The fourth-order valence-electron chi connectivity index (χ4n) is 1.84. The first-order valence-electron chi connectivity index (χ1n) is 6.59. The third kappa shape index (κ3) is 4.66. The summed E-state index contributed by atoms with van der Waals surface area (Å²) in [6.45, 7) is 3.42. The van der Waals surface area contributed by atoms with Gasteiger partial charge < -0.3 is 4.42 Å². The van der Waals surface area contributed by atoms with Crippen molar-refractivity contribution in [3.8, 4) is 0 Å². The standard InChI is InChI=1S/C14H19N3O3S/c1-12-3-5-14(6-4-12)21(18,19)16-7-8-17(2)10-13-9-15-11-20-13/h3-6,9,11,16H,7-8,10H2,1-2H3. The maximum absolute atomic E-state index is 12.1. The second-order valence-electron chi connectivity index (χ2n) is 4.92. The normalized spacial score (nSPS) is 12.0. The summed E-state index contributed by atoms with van der Waals surface area (Å²) in [6, 6.07) is 6.78. The molecule has 0 aliphatic carbocycles. The van der Waals surface area contributed by atoms with Crippen molar-refractivity contribution in [2.75, 3.05) is 20.1 Å². The summed E-state index contributed by atoms with van der Waals surface area (Å²) in [5.41, 5.74) is 1.03. The SMILES string of the molecule is Cc1ccc(S(=O)(=O)NCCN(C)Cc2cnco2)cc1. The third-order valence-electron chi connectivity index (χ3n) is 3.03. The molecule has 114 valence electrons. The second-order valence-corrected chi connectivity index (χ2v) is 6.68. The van der Waals surface area contributed by atoms with Crippen LogP contribution in [0.25, 0.3) is 0 Å². The number of aryl methyl sites for hydroxylation is 1. The van der Waals surface area contributed by atoms with E-state index in [2.05, 4.69) is 9.71 Å². The van der Waals surface area contributed by atoms with E-state index in [4.69, 9.17) is 4.42 Å². The minimum atomic E-state index is -3.45. The van der Waals surface area contributed by atoms with Gasteiger partial charge in [-0.1, -0.05) is 17.7 Å². The van der Waals surface area contributed by atoms with Gasteiger partial charge in [-0.05, 0) is 26.1 Å². The maximum atomic E-state index is 12.1. The van der Waals surface area contributed by atoms with Crippen molar-refractivity contribution in [2.45, 2.75) is 18.4 Å². The number of likely N-dealkylation sites (N-methyl/N-ethyl adjacent to an activating group) is 1. The molecule has 0 saturated heterocycles. The van der Waals surface area contributed by atoms with Gasteiger partial charge in [0.15, 0.2) is 6.39 Å². The van der Waals surface area contributed by atoms with Gasteiger partial charge in [0.25, 0.3) is 0 Å². The van der Waals surface area contributed by atoms with Gasteiger partial charge in [0.05, 0.1) is 17.6 Å². The van der Waals surface area contributed by atoms with Crippen molar-refractivity contribution in [2.24, 2.45) is 0 Å². The van der Waals surface area contributed by atoms with Gasteiger partial charge >= 0.3 is 0 Å². The number of oxazole rings is 1. The van der Waals surface area contributed by atoms with Crippen molar-refractivity contribution in [1.82, 2.24) is 14.6 Å². The largest absolute Gasteiger partial charge is 0.447 e. The van der Waals surface area contributed by atoms with Crippen LogP contribution in [0.3, 0.4) is 0 Å². The van der Waals surface area contributed by atoms with Gasteiger partial charge in [-0.3, -0.25) is 4.90 Å². The summed E-state index contributed by atoms with van der Waals surface area (Å²) in [4.78, 5) is 6.08. The highest BCUT2D eigenvalue weighted by Crippen LogP contribution is 2.09. The number of hydrogen-bond acceptors (Lipinski definition) is 5. The molecule has 7 heteroatoms. The Morgan fingerprint density at radius 2 is 2.00 bits per heavy atom. The van der Waals surface area contributed by atoms with Crippen LogP contribution in [0.15, 0.2) is 46.2 Å². The Kier molecular flexibility index (Phi) is 5.11. The summed E-state index contributed by atoms with van der Waals surface area (Å²) in [5.74, 6) is 0.749. The average Bonchev–Trinajstić information content (AvgIpc) is 2.91. The average molecular weight is 309 g/mol. The van der Waals surface area contributed by atoms with E-state index in [0.29, 0.717) is 19.6 Å². The molecule has 0 saturated carbocycles. The van der Waals surface area contributed by atoms with Crippen LogP contribution < -0.4 is 4.72 Å². The molecule has 21 heavy (non-hydrogen) atoms. The lowest BCUT2D eigenvalue weighted by Gasteiger charge is -2.15. The van der Waals surface area contributed by atoms with E-state index in [9.17, 15) is 8.42 Å². The highest BCUT2D eigenvalue weighted by molar-refractivity contribution is 7.89. The Labute approximate surface area is 124 Å². The topological polar surface area (TPSA) is 75.4 Å². The first-order valence-corrected chi connectivity index (χ1v) is 8.08. The van der Waals surface area contributed by atoms with Gasteiger partial charge in [-0.25, -0.2) is 18.1 Å². The molecule has 2 rings (SSSR count). The maximum Gasteiger partial charge on any atom is 0.240 e.